The zero-order chi connectivity index (χ0) is 12.4. The van der Waals surface area contributed by atoms with Crippen LogP contribution in [0.1, 0.15) is 64.2 Å². The Labute approximate surface area is 111 Å². The molecule has 0 aromatic rings. The number of hydrogen-bond acceptors (Lipinski definition) is 3. The molecule has 3 heteroatoms. The smallest absolute Gasteiger partial charge is 0.0422 e. The van der Waals surface area contributed by atoms with Gasteiger partial charge >= 0.3 is 0 Å². The summed E-state index contributed by atoms with van der Waals surface area (Å²) in [6.45, 7) is 2.62. The molecule has 0 spiro atoms. The van der Waals surface area contributed by atoms with Crippen molar-refractivity contribution >= 4 is 0 Å². The molecule has 2 saturated carbocycles. The van der Waals surface area contributed by atoms with Gasteiger partial charge < -0.3 is 0 Å². The minimum Gasteiger partial charge on any atom is -0.296 e. The maximum Gasteiger partial charge on any atom is 0.0422 e. The molecule has 2 aliphatic carbocycles. The Bertz CT molecular complexity index is 263. The normalized spacial score (nSPS) is 31.2. The highest BCUT2D eigenvalue weighted by atomic mass is 15.3. The Morgan fingerprint density at radius 3 is 2.11 bits per heavy atom. The fourth-order valence-electron chi connectivity index (χ4n) is 4.65. The van der Waals surface area contributed by atoms with E-state index in [2.05, 4.69) is 10.3 Å². The number of nitrogens with one attached hydrogen (secondary N) is 1. The summed E-state index contributed by atoms with van der Waals surface area (Å²) in [5.41, 5.74) is 3.65. The van der Waals surface area contributed by atoms with Gasteiger partial charge in [0.15, 0.2) is 0 Å². The van der Waals surface area contributed by atoms with Gasteiger partial charge in [-0.05, 0) is 57.5 Å². The Hall–Kier alpha value is -0.120. The Kier molecular flexibility index (Phi) is 3.92. The fourth-order valence-corrected chi connectivity index (χ4v) is 4.65. The first-order valence-electron chi connectivity index (χ1n) is 8.08. The molecule has 0 amide bonds. The molecule has 3 N–H and O–H groups in total. The molecular formula is C15H29N3. The van der Waals surface area contributed by atoms with E-state index >= 15 is 0 Å². The van der Waals surface area contributed by atoms with Crippen molar-refractivity contribution in [3.63, 3.8) is 0 Å². The molecule has 0 radical (unpaired) electrons. The van der Waals surface area contributed by atoms with Crippen LogP contribution in [0.3, 0.4) is 0 Å². The first kappa shape index (κ1) is 12.9. The number of hydrogen-bond donors (Lipinski definition) is 2. The Morgan fingerprint density at radius 1 is 0.944 bits per heavy atom. The number of hydrazine groups is 1. The van der Waals surface area contributed by atoms with Crippen molar-refractivity contribution in [3.8, 4) is 0 Å². The van der Waals surface area contributed by atoms with Crippen molar-refractivity contribution in [1.82, 2.24) is 10.3 Å². The highest BCUT2D eigenvalue weighted by Gasteiger charge is 2.49. The van der Waals surface area contributed by atoms with E-state index in [9.17, 15) is 0 Å². The van der Waals surface area contributed by atoms with Crippen molar-refractivity contribution in [1.29, 1.82) is 0 Å². The SMILES string of the molecule is NNC(C1CCC1)C1(N2CCCCC2)CCCC1. The number of nitrogens with two attached hydrogens (primary N) is 1. The van der Waals surface area contributed by atoms with Gasteiger partial charge in [-0.25, -0.2) is 0 Å². The third-order valence-corrected chi connectivity index (χ3v) is 5.83. The molecule has 3 fully saturated rings. The first-order chi connectivity index (χ1) is 8.87. The molecule has 3 nitrogen and oxygen atoms in total. The lowest BCUT2D eigenvalue weighted by Crippen LogP contribution is -2.65. The van der Waals surface area contributed by atoms with Crippen molar-refractivity contribution in [3.05, 3.63) is 0 Å². The lowest BCUT2D eigenvalue weighted by Gasteiger charge is -2.52. The highest BCUT2D eigenvalue weighted by Crippen LogP contribution is 2.45. The van der Waals surface area contributed by atoms with E-state index in [0.717, 1.165) is 5.92 Å². The molecule has 104 valence electrons. The summed E-state index contributed by atoms with van der Waals surface area (Å²) in [5, 5.41) is 0. The van der Waals surface area contributed by atoms with Crippen molar-refractivity contribution in [2.24, 2.45) is 11.8 Å². The van der Waals surface area contributed by atoms with Gasteiger partial charge in [0.25, 0.3) is 0 Å². The predicted octanol–water partition coefficient (Wildman–Crippen LogP) is 2.42. The van der Waals surface area contributed by atoms with Crippen molar-refractivity contribution in [2.75, 3.05) is 13.1 Å². The van der Waals surface area contributed by atoms with E-state index < -0.39 is 0 Å². The van der Waals surface area contributed by atoms with Crippen molar-refractivity contribution in [2.45, 2.75) is 75.8 Å². The van der Waals surface area contributed by atoms with E-state index in [-0.39, 0.29) is 0 Å². The van der Waals surface area contributed by atoms with Crippen LogP contribution in [0, 0.1) is 5.92 Å². The van der Waals surface area contributed by atoms with Gasteiger partial charge in [-0.1, -0.05) is 25.7 Å². The first-order valence-corrected chi connectivity index (χ1v) is 8.08. The van der Waals surface area contributed by atoms with Gasteiger partial charge in [0, 0.05) is 11.6 Å². The number of piperidine rings is 1. The third-order valence-electron chi connectivity index (χ3n) is 5.83. The summed E-state index contributed by atoms with van der Waals surface area (Å²) in [7, 11) is 0. The Morgan fingerprint density at radius 2 is 1.61 bits per heavy atom. The van der Waals surface area contributed by atoms with Crippen LogP contribution in [0.2, 0.25) is 0 Å². The molecule has 18 heavy (non-hydrogen) atoms. The van der Waals surface area contributed by atoms with Gasteiger partial charge in [0.1, 0.15) is 0 Å². The van der Waals surface area contributed by atoms with Gasteiger partial charge in [-0.3, -0.25) is 16.2 Å². The summed E-state index contributed by atoms with van der Waals surface area (Å²) in [4.78, 5) is 2.81. The summed E-state index contributed by atoms with van der Waals surface area (Å²) >= 11 is 0. The lowest BCUT2D eigenvalue weighted by atomic mass is 9.70. The minimum absolute atomic E-state index is 0.403. The number of likely N-dealkylation sites (tertiary alicyclic amines) is 1. The van der Waals surface area contributed by atoms with Crippen LogP contribution in [-0.2, 0) is 0 Å². The molecular weight excluding hydrogens is 222 g/mol. The van der Waals surface area contributed by atoms with Crippen LogP contribution in [-0.4, -0.2) is 29.6 Å². The second-order valence-corrected chi connectivity index (χ2v) is 6.69. The maximum atomic E-state index is 5.98. The molecule has 0 aromatic heterocycles. The topological polar surface area (TPSA) is 41.3 Å². The van der Waals surface area contributed by atoms with E-state index in [4.69, 9.17) is 5.84 Å². The molecule has 3 aliphatic rings. The van der Waals surface area contributed by atoms with Crippen molar-refractivity contribution < 1.29 is 0 Å². The van der Waals surface area contributed by atoms with Crippen LogP contribution < -0.4 is 11.3 Å². The van der Waals surface area contributed by atoms with Crippen LogP contribution in [0.15, 0.2) is 0 Å². The fraction of sp³-hybridized carbons (Fsp3) is 1.00. The predicted molar refractivity (Wildman–Crippen MR) is 75.1 cm³/mol. The zero-order valence-electron chi connectivity index (χ0n) is 11.7. The second-order valence-electron chi connectivity index (χ2n) is 6.69. The highest BCUT2D eigenvalue weighted by molar-refractivity contribution is 5.07. The third kappa shape index (κ3) is 2.10. The molecule has 0 aromatic carbocycles. The van der Waals surface area contributed by atoms with E-state index in [1.807, 2.05) is 0 Å². The van der Waals surface area contributed by atoms with E-state index in [0.29, 0.717) is 11.6 Å². The number of rotatable bonds is 4. The molecule has 3 rings (SSSR count). The van der Waals surface area contributed by atoms with Crippen LogP contribution in [0.4, 0.5) is 0 Å². The van der Waals surface area contributed by atoms with Crippen LogP contribution in [0.25, 0.3) is 0 Å². The second kappa shape index (κ2) is 5.48. The molecule has 1 unspecified atom stereocenters. The van der Waals surface area contributed by atoms with Gasteiger partial charge in [-0.2, -0.15) is 0 Å². The lowest BCUT2D eigenvalue weighted by molar-refractivity contribution is 0.00172. The largest absolute Gasteiger partial charge is 0.296 e. The summed E-state index contributed by atoms with van der Waals surface area (Å²) in [6.07, 6.45) is 14.0. The van der Waals surface area contributed by atoms with Crippen LogP contribution >= 0.6 is 0 Å². The minimum atomic E-state index is 0.403. The van der Waals surface area contributed by atoms with Gasteiger partial charge in [-0.15, -0.1) is 0 Å². The summed E-state index contributed by atoms with van der Waals surface area (Å²) in [6, 6.07) is 0.548. The molecule has 0 bridgehead atoms. The average molecular weight is 251 g/mol. The Balaban J connectivity index is 1.79. The molecule has 1 aliphatic heterocycles. The number of nitrogens with zero attached hydrogens (tertiary/aromatic N) is 1. The zero-order valence-corrected chi connectivity index (χ0v) is 11.7. The average Bonchev–Trinajstić information content (AvgIpc) is 2.85. The quantitative estimate of drug-likeness (QED) is 0.595. The van der Waals surface area contributed by atoms with Gasteiger partial charge in [0.05, 0.1) is 0 Å². The molecule has 1 atom stereocenters. The molecule has 1 saturated heterocycles. The summed E-state index contributed by atoms with van der Waals surface area (Å²) in [5.74, 6) is 6.82. The standard InChI is InChI=1S/C15H29N3/c16-17-14(13-7-6-8-13)15(9-2-3-10-15)18-11-4-1-5-12-18/h13-14,17H,1-12,16H2. The van der Waals surface area contributed by atoms with Crippen LogP contribution in [0.5, 0.6) is 0 Å². The maximum absolute atomic E-state index is 5.98. The van der Waals surface area contributed by atoms with Gasteiger partial charge in [0.2, 0.25) is 0 Å². The summed E-state index contributed by atoms with van der Waals surface area (Å²) < 4.78 is 0. The van der Waals surface area contributed by atoms with E-state index in [1.54, 1.807) is 0 Å². The molecule has 1 heterocycles. The monoisotopic (exact) mass is 251 g/mol. The van der Waals surface area contributed by atoms with E-state index in [1.165, 1.54) is 77.3 Å².